The summed E-state index contributed by atoms with van der Waals surface area (Å²) >= 11 is 0. The van der Waals surface area contributed by atoms with Crippen molar-refractivity contribution in [2.24, 2.45) is 0 Å². The maximum Gasteiger partial charge on any atom is 0.423 e. The van der Waals surface area contributed by atoms with Crippen LogP contribution in [-0.2, 0) is 9.53 Å². The second-order valence-electron chi connectivity index (χ2n) is 5.60. The predicted molar refractivity (Wildman–Crippen MR) is 69.9 cm³/mol. The largest absolute Gasteiger partial charge is 0.464 e. The Kier molecular flexibility index (Phi) is 5.18. The van der Waals surface area contributed by atoms with Crippen LogP contribution in [0.25, 0.3) is 0 Å². The minimum Gasteiger partial charge on any atom is -0.464 e. The summed E-state index contributed by atoms with van der Waals surface area (Å²) in [6, 6.07) is -0.779. The first-order chi connectivity index (χ1) is 9.19. The van der Waals surface area contributed by atoms with Crippen LogP contribution in [0.1, 0.15) is 40.0 Å². The first-order valence-corrected chi connectivity index (χ1v) is 6.49. The fraction of sp³-hybridized carbons (Fsp3) is 0.750. The Labute approximate surface area is 117 Å². The molecule has 0 bridgehead atoms. The van der Waals surface area contributed by atoms with Crippen LogP contribution >= 0.6 is 0 Å². The molecule has 3 N–H and O–H groups in total. The van der Waals surface area contributed by atoms with Crippen molar-refractivity contribution in [3.8, 4) is 0 Å². The second kappa shape index (κ2) is 6.44. The molecule has 20 heavy (non-hydrogen) atoms. The molecule has 8 nitrogen and oxygen atoms in total. The van der Waals surface area contributed by atoms with Crippen LogP contribution < -0.4 is 10.7 Å². The van der Waals surface area contributed by atoms with E-state index in [1.165, 1.54) is 0 Å². The van der Waals surface area contributed by atoms with Gasteiger partial charge in [-0.25, -0.2) is 20.0 Å². The molecular weight excluding hydrogens is 266 g/mol. The van der Waals surface area contributed by atoms with E-state index in [1.807, 2.05) is 5.43 Å². The first-order valence-electron chi connectivity index (χ1n) is 6.49. The Morgan fingerprint density at radius 3 is 2.55 bits per heavy atom. The Balaban J connectivity index is 2.65. The van der Waals surface area contributed by atoms with Crippen molar-refractivity contribution in [3.63, 3.8) is 0 Å². The third-order valence-corrected chi connectivity index (χ3v) is 2.61. The van der Waals surface area contributed by atoms with E-state index < -0.39 is 29.7 Å². The summed E-state index contributed by atoms with van der Waals surface area (Å²) in [6.45, 7) is 5.46. The third kappa shape index (κ3) is 5.33. The van der Waals surface area contributed by atoms with Crippen LogP contribution in [0.3, 0.4) is 0 Å². The van der Waals surface area contributed by atoms with Gasteiger partial charge in [0, 0.05) is 6.54 Å². The number of carboxylic acid groups (broad SMARTS) is 1. The van der Waals surface area contributed by atoms with Crippen molar-refractivity contribution < 1.29 is 24.2 Å². The Bertz CT molecular complexity index is 391. The molecule has 0 aromatic heterocycles. The summed E-state index contributed by atoms with van der Waals surface area (Å²) in [6.07, 6.45) is -0.164. The number of carbonyl (C=O) groups excluding carboxylic acids is 2. The SMILES string of the molecule is CC(C)(C)OC(=O)N[C@@H]1CCCCN(NC(=O)O)C1=O. The summed E-state index contributed by atoms with van der Waals surface area (Å²) in [5.41, 5.74) is 1.38. The lowest BCUT2D eigenvalue weighted by molar-refractivity contribution is -0.135. The summed E-state index contributed by atoms with van der Waals surface area (Å²) < 4.78 is 5.09. The van der Waals surface area contributed by atoms with Gasteiger partial charge in [0.2, 0.25) is 0 Å². The molecule has 1 heterocycles. The molecule has 8 heteroatoms. The number of hydrogen-bond acceptors (Lipinski definition) is 4. The number of nitrogens with one attached hydrogen (secondary N) is 2. The molecule has 0 aromatic rings. The lowest BCUT2D eigenvalue weighted by Gasteiger charge is -2.25. The molecule has 1 fully saturated rings. The number of rotatable bonds is 2. The average Bonchev–Trinajstić information content (AvgIpc) is 2.41. The minimum absolute atomic E-state index is 0.289. The fourth-order valence-electron chi connectivity index (χ4n) is 1.85. The van der Waals surface area contributed by atoms with Gasteiger partial charge < -0.3 is 15.2 Å². The number of hydrazine groups is 1. The van der Waals surface area contributed by atoms with E-state index in [1.54, 1.807) is 20.8 Å². The summed E-state index contributed by atoms with van der Waals surface area (Å²) in [4.78, 5) is 34.4. The van der Waals surface area contributed by atoms with Gasteiger partial charge in [-0.3, -0.25) is 4.79 Å². The Morgan fingerprint density at radius 2 is 2.00 bits per heavy atom. The zero-order valence-electron chi connectivity index (χ0n) is 11.9. The zero-order chi connectivity index (χ0) is 15.3. The standard InChI is InChI=1S/C12H21N3O5/c1-12(2,3)20-11(19)13-8-6-4-5-7-15(9(8)16)14-10(17)18/h8,14H,4-7H2,1-3H3,(H,13,19)(H,17,18)/t8-/m1/s1. The van der Waals surface area contributed by atoms with E-state index in [0.29, 0.717) is 19.3 Å². The number of ether oxygens (including phenoxy) is 1. The van der Waals surface area contributed by atoms with E-state index in [4.69, 9.17) is 9.84 Å². The summed E-state index contributed by atoms with van der Waals surface area (Å²) in [7, 11) is 0. The first kappa shape index (κ1) is 16.1. The number of nitrogens with zero attached hydrogens (tertiary/aromatic N) is 1. The number of alkyl carbamates (subject to hydrolysis) is 1. The van der Waals surface area contributed by atoms with Gasteiger partial charge in [0.25, 0.3) is 5.91 Å². The van der Waals surface area contributed by atoms with Gasteiger partial charge in [-0.1, -0.05) is 0 Å². The average molecular weight is 287 g/mol. The molecule has 0 aliphatic carbocycles. The molecule has 0 unspecified atom stereocenters. The molecule has 114 valence electrons. The third-order valence-electron chi connectivity index (χ3n) is 2.61. The highest BCUT2D eigenvalue weighted by Gasteiger charge is 2.30. The van der Waals surface area contributed by atoms with Gasteiger partial charge >= 0.3 is 12.2 Å². The van der Waals surface area contributed by atoms with E-state index >= 15 is 0 Å². The molecule has 1 saturated heterocycles. The topological polar surface area (TPSA) is 108 Å². The van der Waals surface area contributed by atoms with Crippen molar-refractivity contribution in [1.29, 1.82) is 0 Å². The number of hydrogen-bond donors (Lipinski definition) is 3. The number of carbonyl (C=O) groups is 3. The van der Waals surface area contributed by atoms with Gasteiger partial charge in [0.05, 0.1) is 0 Å². The highest BCUT2D eigenvalue weighted by Crippen LogP contribution is 2.12. The van der Waals surface area contributed by atoms with Crippen molar-refractivity contribution in [2.45, 2.75) is 51.7 Å². The second-order valence-corrected chi connectivity index (χ2v) is 5.60. The Hall–Kier alpha value is -1.99. The van der Waals surface area contributed by atoms with E-state index in [9.17, 15) is 14.4 Å². The molecule has 0 radical (unpaired) electrons. The smallest absolute Gasteiger partial charge is 0.423 e. The monoisotopic (exact) mass is 287 g/mol. The minimum atomic E-state index is -1.31. The van der Waals surface area contributed by atoms with Gasteiger partial charge in [-0.05, 0) is 40.0 Å². The lowest BCUT2D eigenvalue weighted by Crippen LogP contribution is -2.54. The highest BCUT2D eigenvalue weighted by atomic mass is 16.6. The Morgan fingerprint density at radius 1 is 1.35 bits per heavy atom. The van der Waals surface area contributed by atoms with Crippen LogP contribution in [0.15, 0.2) is 0 Å². The van der Waals surface area contributed by atoms with Crippen LogP contribution in [0, 0.1) is 0 Å². The van der Waals surface area contributed by atoms with Crippen molar-refractivity contribution >= 4 is 18.1 Å². The summed E-state index contributed by atoms with van der Waals surface area (Å²) in [5.74, 6) is -0.476. The zero-order valence-corrected chi connectivity index (χ0v) is 11.9. The van der Waals surface area contributed by atoms with Crippen molar-refractivity contribution in [2.75, 3.05) is 6.54 Å². The highest BCUT2D eigenvalue weighted by molar-refractivity contribution is 5.87. The summed E-state index contributed by atoms with van der Waals surface area (Å²) in [5, 5.41) is 12.2. The van der Waals surface area contributed by atoms with Gasteiger partial charge in [-0.15, -0.1) is 0 Å². The van der Waals surface area contributed by atoms with Crippen molar-refractivity contribution in [1.82, 2.24) is 15.8 Å². The maximum atomic E-state index is 12.1. The molecule has 1 rings (SSSR count). The number of amides is 3. The van der Waals surface area contributed by atoms with Crippen LogP contribution in [-0.4, -0.2) is 46.4 Å². The fourth-order valence-corrected chi connectivity index (χ4v) is 1.85. The van der Waals surface area contributed by atoms with E-state index in [2.05, 4.69) is 5.32 Å². The van der Waals surface area contributed by atoms with E-state index in [0.717, 1.165) is 5.01 Å². The molecule has 0 aromatic carbocycles. The van der Waals surface area contributed by atoms with Crippen LogP contribution in [0.2, 0.25) is 0 Å². The normalized spacial score (nSPS) is 20.1. The van der Waals surface area contributed by atoms with Crippen LogP contribution in [0.4, 0.5) is 9.59 Å². The quantitative estimate of drug-likeness (QED) is 0.704. The molecule has 0 saturated carbocycles. The maximum absolute atomic E-state index is 12.1. The van der Waals surface area contributed by atoms with Gasteiger partial charge in [0.1, 0.15) is 11.6 Å². The lowest BCUT2D eigenvalue weighted by atomic mass is 10.1. The van der Waals surface area contributed by atoms with E-state index in [-0.39, 0.29) is 6.54 Å². The predicted octanol–water partition coefficient (Wildman–Crippen LogP) is 1.07. The molecule has 3 amide bonds. The molecule has 0 spiro atoms. The van der Waals surface area contributed by atoms with Crippen molar-refractivity contribution in [3.05, 3.63) is 0 Å². The molecular formula is C12H21N3O5. The van der Waals surface area contributed by atoms with Gasteiger partial charge in [0.15, 0.2) is 0 Å². The van der Waals surface area contributed by atoms with Crippen LogP contribution in [0.5, 0.6) is 0 Å². The van der Waals surface area contributed by atoms with Gasteiger partial charge in [-0.2, -0.15) is 0 Å². The molecule has 1 atom stereocenters. The molecule has 1 aliphatic heterocycles. The molecule has 1 aliphatic rings.